The zero-order chi connectivity index (χ0) is 22.1. The minimum Gasteiger partial charge on any atom is -0.494 e. The number of hydrogen-bond acceptors (Lipinski definition) is 5. The van der Waals surface area contributed by atoms with Crippen LogP contribution in [0.1, 0.15) is 25.0 Å². The Balaban J connectivity index is 1.85. The lowest BCUT2D eigenvalue weighted by molar-refractivity contribution is -0.135. The van der Waals surface area contributed by atoms with E-state index >= 15 is 0 Å². The lowest BCUT2D eigenvalue weighted by atomic mass is 10.0. The third-order valence-electron chi connectivity index (χ3n) is 5.65. The first-order valence-electron chi connectivity index (χ1n) is 10.5. The molecule has 0 saturated carbocycles. The van der Waals surface area contributed by atoms with Crippen molar-refractivity contribution in [2.75, 3.05) is 27.4 Å². The Morgan fingerprint density at radius 3 is 2.61 bits per heavy atom. The van der Waals surface area contributed by atoms with E-state index in [0.29, 0.717) is 31.2 Å². The van der Waals surface area contributed by atoms with Crippen LogP contribution in [0.25, 0.3) is 22.2 Å². The average Bonchev–Trinajstić information content (AvgIpc) is 2.99. The van der Waals surface area contributed by atoms with Crippen LogP contribution in [-0.2, 0) is 11.3 Å². The highest BCUT2D eigenvalue weighted by atomic mass is 16.5. The average molecular weight is 421 g/mol. The van der Waals surface area contributed by atoms with Crippen LogP contribution >= 0.6 is 0 Å². The predicted octanol–water partition coefficient (Wildman–Crippen LogP) is 4.60. The Morgan fingerprint density at radius 2 is 1.90 bits per heavy atom. The van der Waals surface area contributed by atoms with Crippen LogP contribution in [0.5, 0.6) is 17.2 Å². The van der Waals surface area contributed by atoms with Crippen LogP contribution in [0.4, 0.5) is 0 Å². The predicted molar refractivity (Wildman–Crippen MR) is 121 cm³/mol. The molecule has 1 aromatic heterocycles. The van der Waals surface area contributed by atoms with Gasteiger partial charge in [0.1, 0.15) is 17.9 Å². The summed E-state index contributed by atoms with van der Waals surface area (Å²) < 4.78 is 17.2. The van der Waals surface area contributed by atoms with Gasteiger partial charge < -0.3 is 19.1 Å². The summed E-state index contributed by atoms with van der Waals surface area (Å²) in [6.07, 6.45) is 0. The van der Waals surface area contributed by atoms with E-state index in [4.69, 9.17) is 19.2 Å². The van der Waals surface area contributed by atoms with E-state index in [1.807, 2.05) is 49.1 Å². The largest absolute Gasteiger partial charge is 0.494 e. The van der Waals surface area contributed by atoms with Gasteiger partial charge in [0.2, 0.25) is 5.91 Å². The quantitative estimate of drug-likeness (QED) is 0.617. The summed E-state index contributed by atoms with van der Waals surface area (Å²) in [5.41, 5.74) is 4.58. The minimum absolute atomic E-state index is 0.0658. The number of hydrogen-bond donors (Lipinski definition) is 0. The molecule has 0 saturated heterocycles. The van der Waals surface area contributed by atoms with Crippen LogP contribution in [0.3, 0.4) is 0 Å². The number of para-hydroxylation sites is 1. The number of ether oxygens (including phenoxy) is 3. The Morgan fingerprint density at radius 1 is 1.13 bits per heavy atom. The maximum atomic E-state index is 12.6. The number of pyridine rings is 1. The number of rotatable bonds is 4. The summed E-state index contributed by atoms with van der Waals surface area (Å²) in [5, 5.41) is 1.06. The molecule has 6 nitrogen and oxygen atoms in total. The number of aryl methyl sites for hydroxylation is 1. The van der Waals surface area contributed by atoms with Crippen LogP contribution in [0.2, 0.25) is 0 Å². The topological polar surface area (TPSA) is 60.9 Å². The maximum Gasteiger partial charge on any atom is 0.225 e. The van der Waals surface area contributed by atoms with Crippen molar-refractivity contribution in [3.05, 3.63) is 47.5 Å². The molecule has 0 N–H and O–H groups in total. The zero-order valence-electron chi connectivity index (χ0n) is 18.7. The first kappa shape index (κ1) is 21.0. The van der Waals surface area contributed by atoms with E-state index in [-0.39, 0.29) is 11.8 Å². The molecule has 0 fully saturated rings. The van der Waals surface area contributed by atoms with Gasteiger partial charge in [-0.3, -0.25) is 4.79 Å². The van der Waals surface area contributed by atoms with Gasteiger partial charge in [0.25, 0.3) is 0 Å². The molecule has 0 unspecified atom stereocenters. The Bertz CT molecular complexity index is 1140. The molecule has 3 aromatic rings. The molecule has 6 heteroatoms. The molecule has 2 heterocycles. The second-order valence-electron chi connectivity index (χ2n) is 8.11. The normalized spacial score (nSPS) is 13.5. The van der Waals surface area contributed by atoms with Crippen molar-refractivity contribution in [2.24, 2.45) is 5.92 Å². The maximum absolute atomic E-state index is 12.6. The van der Waals surface area contributed by atoms with Gasteiger partial charge in [0.15, 0.2) is 11.5 Å². The number of amides is 1. The van der Waals surface area contributed by atoms with Gasteiger partial charge >= 0.3 is 0 Å². The van der Waals surface area contributed by atoms with Crippen molar-refractivity contribution in [1.29, 1.82) is 0 Å². The van der Waals surface area contributed by atoms with Crippen molar-refractivity contribution < 1.29 is 19.0 Å². The second-order valence-corrected chi connectivity index (χ2v) is 8.11. The van der Waals surface area contributed by atoms with Gasteiger partial charge in [0.05, 0.1) is 26.5 Å². The Hall–Kier alpha value is -3.28. The van der Waals surface area contributed by atoms with E-state index < -0.39 is 0 Å². The fourth-order valence-electron chi connectivity index (χ4n) is 4.04. The highest BCUT2D eigenvalue weighted by Gasteiger charge is 2.25. The van der Waals surface area contributed by atoms with E-state index in [9.17, 15) is 4.79 Å². The monoisotopic (exact) mass is 420 g/mol. The van der Waals surface area contributed by atoms with Gasteiger partial charge in [0, 0.05) is 29.0 Å². The number of aromatic nitrogens is 1. The molecule has 0 bridgehead atoms. The summed E-state index contributed by atoms with van der Waals surface area (Å²) in [7, 11) is 3.29. The molecule has 0 spiro atoms. The number of fused-ring (bicyclic) bond motifs is 2. The lowest BCUT2D eigenvalue weighted by Gasteiger charge is -2.22. The van der Waals surface area contributed by atoms with E-state index in [1.165, 1.54) is 0 Å². The van der Waals surface area contributed by atoms with E-state index in [0.717, 1.165) is 39.0 Å². The first-order chi connectivity index (χ1) is 14.9. The lowest BCUT2D eigenvalue weighted by Crippen LogP contribution is -2.35. The number of benzene rings is 2. The zero-order valence-corrected chi connectivity index (χ0v) is 18.7. The second kappa shape index (κ2) is 8.46. The molecule has 31 heavy (non-hydrogen) atoms. The van der Waals surface area contributed by atoms with E-state index in [1.54, 1.807) is 14.2 Å². The molecule has 1 amide bonds. The molecular weight excluding hydrogens is 392 g/mol. The number of carbonyl (C=O) groups excluding carboxylic acids is 1. The summed E-state index contributed by atoms with van der Waals surface area (Å²) in [4.78, 5) is 19.4. The van der Waals surface area contributed by atoms with Gasteiger partial charge in [-0.2, -0.15) is 0 Å². The first-order valence-corrected chi connectivity index (χ1v) is 10.5. The van der Waals surface area contributed by atoms with Crippen molar-refractivity contribution in [3.8, 4) is 28.5 Å². The van der Waals surface area contributed by atoms with Crippen LogP contribution in [-0.4, -0.2) is 43.2 Å². The minimum atomic E-state index is -0.0658. The molecule has 0 aliphatic carbocycles. The van der Waals surface area contributed by atoms with Crippen LogP contribution in [0.15, 0.2) is 36.4 Å². The molecule has 1 aliphatic rings. The number of nitrogens with zero attached hydrogens (tertiary/aromatic N) is 2. The van der Waals surface area contributed by atoms with Gasteiger partial charge in [-0.05, 0) is 36.8 Å². The van der Waals surface area contributed by atoms with Crippen molar-refractivity contribution in [1.82, 2.24) is 9.88 Å². The number of carbonyl (C=O) groups is 1. The SMILES string of the molecule is COc1cc(-c2cc(C)c3cccc(OC)c3n2)cc2c1OCCN(C(=O)C(C)C)C2. The summed E-state index contributed by atoms with van der Waals surface area (Å²) in [6, 6.07) is 12.0. The molecular formula is C25H28N2O4. The number of methoxy groups -OCH3 is 2. The third-order valence-corrected chi connectivity index (χ3v) is 5.65. The molecule has 1 aliphatic heterocycles. The molecule has 4 rings (SSSR count). The Kier molecular flexibility index (Phi) is 5.72. The summed E-state index contributed by atoms with van der Waals surface area (Å²) >= 11 is 0. The molecule has 2 aromatic carbocycles. The summed E-state index contributed by atoms with van der Waals surface area (Å²) in [6.45, 7) is 7.37. The Labute approximate surface area is 182 Å². The molecule has 162 valence electrons. The van der Waals surface area contributed by atoms with Crippen molar-refractivity contribution in [2.45, 2.75) is 27.3 Å². The van der Waals surface area contributed by atoms with Crippen molar-refractivity contribution in [3.63, 3.8) is 0 Å². The van der Waals surface area contributed by atoms with Crippen LogP contribution in [0, 0.1) is 12.8 Å². The highest BCUT2D eigenvalue weighted by Crippen LogP contribution is 2.39. The standard InChI is InChI=1S/C25H28N2O4/c1-15(2)25(28)27-9-10-31-24-18(14-27)12-17(13-22(24)30-5)20-11-16(3)19-7-6-8-21(29-4)23(19)26-20/h6-8,11-13,15H,9-10,14H2,1-5H3. The third kappa shape index (κ3) is 3.90. The van der Waals surface area contributed by atoms with Gasteiger partial charge in [-0.15, -0.1) is 0 Å². The van der Waals surface area contributed by atoms with Gasteiger partial charge in [-0.1, -0.05) is 26.0 Å². The summed E-state index contributed by atoms with van der Waals surface area (Å²) in [5.74, 6) is 2.13. The van der Waals surface area contributed by atoms with Gasteiger partial charge in [-0.25, -0.2) is 4.98 Å². The molecule has 0 radical (unpaired) electrons. The fraction of sp³-hybridized carbons (Fsp3) is 0.360. The van der Waals surface area contributed by atoms with Crippen molar-refractivity contribution >= 4 is 16.8 Å². The van der Waals surface area contributed by atoms with Crippen LogP contribution < -0.4 is 14.2 Å². The van der Waals surface area contributed by atoms with E-state index in [2.05, 4.69) is 13.0 Å². The highest BCUT2D eigenvalue weighted by molar-refractivity contribution is 5.90. The fourth-order valence-corrected chi connectivity index (χ4v) is 4.04. The smallest absolute Gasteiger partial charge is 0.225 e. The molecule has 0 atom stereocenters.